The van der Waals surface area contributed by atoms with Crippen LogP contribution in [0.15, 0.2) is 0 Å². The molecule has 1 aliphatic rings. The fraction of sp³-hybridized carbons (Fsp3) is 0.889. The van der Waals surface area contributed by atoms with Crippen molar-refractivity contribution in [2.75, 3.05) is 0 Å². The molecule has 1 aliphatic carbocycles. The van der Waals surface area contributed by atoms with Gasteiger partial charge >= 0.3 is 5.97 Å². The van der Waals surface area contributed by atoms with E-state index in [-0.39, 0.29) is 5.92 Å². The quantitative estimate of drug-likeness (QED) is 0.673. The van der Waals surface area contributed by atoms with Crippen LogP contribution in [0, 0.1) is 11.8 Å². The zero-order valence-electron chi connectivity index (χ0n) is 7.58. The molecule has 1 atom stereocenters. The highest BCUT2D eigenvalue weighted by Crippen LogP contribution is 2.41. The molecule has 0 radical (unpaired) electrons. The molecule has 1 saturated carbocycles. The molecule has 1 fully saturated rings. The van der Waals surface area contributed by atoms with Crippen LogP contribution in [0.2, 0.25) is 0 Å². The Balaban J connectivity index is 2.71. The zero-order chi connectivity index (χ0) is 9.35. The van der Waals surface area contributed by atoms with Gasteiger partial charge < -0.3 is 10.2 Å². The molecule has 0 heterocycles. The Labute approximate surface area is 72.4 Å². The summed E-state index contributed by atoms with van der Waals surface area (Å²) in [7, 11) is 0. The van der Waals surface area contributed by atoms with Crippen molar-refractivity contribution in [3.63, 3.8) is 0 Å². The SMILES string of the molecule is CC(C)C(C(=O)O)C1(O)CCC1. The number of rotatable bonds is 3. The highest BCUT2D eigenvalue weighted by Gasteiger charge is 2.47. The van der Waals surface area contributed by atoms with Crippen molar-refractivity contribution < 1.29 is 15.0 Å². The first-order valence-electron chi connectivity index (χ1n) is 4.42. The van der Waals surface area contributed by atoms with E-state index in [1.807, 2.05) is 13.8 Å². The number of aliphatic hydroxyl groups is 1. The number of aliphatic carboxylic acids is 1. The van der Waals surface area contributed by atoms with E-state index in [2.05, 4.69) is 0 Å². The third-order valence-corrected chi connectivity index (χ3v) is 2.73. The molecule has 2 N–H and O–H groups in total. The molecule has 0 spiro atoms. The van der Waals surface area contributed by atoms with Crippen LogP contribution in [-0.4, -0.2) is 21.8 Å². The largest absolute Gasteiger partial charge is 0.481 e. The highest BCUT2D eigenvalue weighted by atomic mass is 16.4. The van der Waals surface area contributed by atoms with Gasteiger partial charge in [-0.15, -0.1) is 0 Å². The predicted molar refractivity (Wildman–Crippen MR) is 44.8 cm³/mol. The summed E-state index contributed by atoms with van der Waals surface area (Å²) in [6, 6.07) is 0. The molecule has 3 heteroatoms. The van der Waals surface area contributed by atoms with Gasteiger partial charge in [0.2, 0.25) is 0 Å². The summed E-state index contributed by atoms with van der Waals surface area (Å²) < 4.78 is 0. The maximum Gasteiger partial charge on any atom is 0.309 e. The molecule has 0 aliphatic heterocycles. The van der Waals surface area contributed by atoms with Crippen LogP contribution < -0.4 is 0 Å². The Hall–Kier alpha value is -0.570. The van der Waals surface area contributed by atoms with Gasteiger partial charge in [-0.1, -0.05) is 13.8 Å². The van der Waals surface area contributed by atoms with E-state index in [1.165, 1.54) is 0 Å². The highest BCUT2D eigenvalue weighted by molar-refractivity contribution is 5.72. The van der Waals surface area contributed by atoms with E-state index in [0.717, 1.165) is 6.42 Å². The van der Waals surface area contributed by atoms with Crippen molar-refractivity contribution in [2.45, 2.75) is 38.7 Å². The maximum atomic E-state index is 10.8. The first kappa shape index (κ1) is 9.52. The average Bonchev–Trinajstić information content (AvgIpc) is 1.82. The zero-order valence-corrected chi connectivity index (χ0v) is 7.58. The molecule has 70 valence electrons. The molecular weight excluding hydrogens is 156 g/mol. The van der Waals surface area contributed by atoms with E-state index in [4.69, 9.17) is 5.11 Å². The lowest BCUT2D eigenvalue weighted by molar-refractivity contribution is -0.164. The minimum Gasteiger partial charge on any atom is -0.481 e. The van der Waals surface area contributed by atoms with Crippen molar-refractivity contribution >= 4 is 5.97 Å². The van der Waals surface area contributed by atoms with E-state index in [9.17, 15) is 9.90 Å². The van der Waals surface area contributed by atoms with Crippen LogP contribution in [0.4, 0.5) is 0 Å². The summed E-state index contributed by atoms with van der Waals surface area (Å²) in [6.45, 7) is 3.68. The average molecular weight is 172 g/mol. The van der Waals surface area contributed by atoms with Crippen molar-refractivity contribution in [1.29, 1.82) is 0 Å². The lowest BCUT2D eigenvalue weighted by Gasteiger charge is -2.42. The first-order valence-corrected chi connectivity index (χ1v) is 4.42. The monoisotopic (exact) mass is 172 g/mol. The van der Waals surface area contributed by atoms with E-state index in [0.29, 0.717) is 12.8 Å². The van der Waals surface area contributed by atoms with E-state index >= 15 is 0 Å². The van der Waals surface area contributed by atoms with E-state index in [1.54, 1.807) is 0 Å². The fourth-order valence-electron chi connectivity index (χ4n) is 1.99. The van der Waals surface area contributed by atoms with Crippen LogP contribution in [0.3, 0.4) is 0 Å². The lowest BCUT2D eigenvalue weighted by atomic mass is 9.67. The second-order valence-electron chi connectivity index (χ2n) is 4.02. The molecule has 0 aromatic heterocycles. The smallest absolute Gasteiger partial charge is 0.309 e. The van der Waals surface area contributed by atoms with Crippen LogP contribution in [0.5, 0.6) is 0 Å². The Bertz CT molecular complexity index is 182. The summed E-state index contributed by atoms with van der Waals surface area (Å²) in [5.74, 6) is -1.45. The number of carboxylic acids is 1. The van der Waals surface area contributed by atoms with Gasteiger partial charge in [0.25, 0.3) is 0 Å². The molecule has 0 bridgehead atoms. The van der Waals surface area contributed by atoms with Gasteiger partial charge in [-0.2, -0.15) is 0 Å². The predicted octanol–water partition coefficient (Wildman–Crippen LogP) is 1.26. The van der Waals surface area contributed by atoms with Gasteiger partial charge in [-0.3, -0.25) is 4.79 Å². The molecular formula is C9H16O3. The van der Waals surface area contributed by atoms with Crippen molar-refractivity contribution in [3.05, 3.63) is 0 Å². The fourth-order valence-corrected chi connectivity index (χ4v) is 1.99. The van der Waals surface area contributed by atoms with Crippen LogP contribution in [0.25, 0.3) is 0 Å². The van der Waals surface area contributed by atoms with Gasteiger partial charge in [0.05, 0.1) is 11.5 Å². The molecule has 3 nitrogen and oxygen atoms in total. The maximum absolute atomic E-state index is 10.8. The summed E-state index contributed by atoms with van der Waals surface area (Å²) in [6.07, 6.45) is 2.23. The summed E-state index contributed by atoms with van der Waals surface area (Å²) in [5.41, 5.74) is -0.917. The lowest BCUT2D eigenvalue weighted by Crippen LogP contribution is -2.50. The molecule has 1 rings (SSSR count). The number of hydrogen-bond acceptors (Lipinski definition) is 2. The van der Waals surface area contributed by atoms with E-state index < -0.39 is 17.5 Å². The van der Waals surface area contributed by atoms with Gasteiger partial charge in [0.15, 0.2) is 0 Å². The van der Waals surface area contributed by atoms with Crippen molar-refractivity contribution in [1.82, 2.24) is 0 Å². The summed E-state index contributed by atoms with van der Waals surface area (Å²) in [5, 5.41) is 18.7. The van der Waals surface area contributed by atoms with Crippen LogP contribution >= 0.6 is 0 Å². The van der Waals surface area contributed by atoms with Gasteiger partial charge in [0.1, 0.15) is 0 Å². The Morgan fingerprint density at radius 3 is 2.00 bits per heavy atom. The van der Waals surface area contributed by atoms with Crippen LogP contribution in [-0.2, 0) is 4.79 Å². The molecule has 12 heavy (non-hydrogen) atoms. The second-order valence-corrected chi connectivity index (χ2v) is 4.02. The molecule has 1 unspecified atom stereocenters. The minimum atomic E-state index is -0.917. The molecule has 0 saturated heterocycles. The topological polar surface area (TPSA) is 57.5 Å². The Kier molecular flexibility index (Phi) is 2.42. The number of hydrogen-bond donors (Lipinski definition) is 2. The van der Waals surface area contributed by atoms with Gasteiger partial charge in [-0.05, 0) is 25.2 Å². The summed E-state index contributed by atoms with van der Waals surface area (Å²) in [4.78, 5) is 10.8. The molecule has 0 aromatic carbocycles. The van der Waals surface area contributed by atoms with Gasteiger partial charge in [-0.25, -0.2) is 0 Å². The van der Waals surface area contributed by atoms with Crippen LogP contribution in [0.1, 0.15) is 33.1 Å². The first-order chi connectivity index (χ1) is 5.47. The normalized spacial score (nSPS) is 23.3. The molecule has 0 amide bonds. The van der Waals surface area contributed by atoms with Crippen molar-refractivity contribution in [3.8, 4) is 0 Å². The van der Waals surface area contributed by atoms with Gasteiger partial charge in [0, 0.05) is 0 Å². The standard InChI is InChI=1S/C9H16O3/c1-6(2)7(8(10)11)9(12)4-3-5-9/h6-7,12H,3-5H2,1-2H3,(H,10,11). The van der Waals surface area contributed by atoms with Crippen molar-refractivity contribution in [2.24, 2.45) is 11.8 Å². The third kappa shape index (κ3) is 1.46. The second kappa shape index (κ2) is 3.05. The molecule has 0 aromatic rings. The number of carbonyl (C=O) groups is 1. The Morgan fingerprint density at radius 1 is 1.42 bits per heavy atom. The minimum absolute atomic E-state index is 0.00722. The third-order valence-electron chi connectivity index (χ3n) is 2.73. The number of carboxylic acid groups (broad SMARTS) is 1. The summed E-state index contributed by atoms with van der Waals surface area (Å²) >= 11 is 0. The Morgan fingerprint density at radius 2 is 1.92 bits per heavy atom.